The Kier molecular flexibility index (Phi) is 3.46. The van der Waals surface area contributed by atoms with Crippen LogP contribution < -0.4 is 5.32 Å². The van der Waals surface area contributed by atoms with Gasteiger partial charge >= 0.3 is 0 Å². The molecule has 0 saturated heterocycles. The molecular formula is C11H10BrNO2S. The lowest BCUT2D eigenvalue weighted by molar-refractivity contribution is 0.0936. The van der Waals surface area contributed by atoms with Crippen molar-refractivity contribution in [2.24, 2.45) is 0 Å². The molecule has 0 aliphatic rings. The largest absolute Gasteiger partial charge is 0.467 e. The molecule has 5 heteroatoms. The van der Waals surface area contributed by atoms with Crippen LogP contribution in [0.1, 0.15) is 29.1 Å². The summed E-state index contributed by atoms with van der Waals surface area (Å²) in [7, 11) is 0. The monoisotopic (exact) mass is 299 g/mol. The number of amides is 1. The second kappa shape index (κ2) is 4.84. The van der Waals surface area contributed by atoms with Crippen LogP contribution in [-0.4, -0.2) is 5.91 Å². The van der Waals surface area contributed by atoms with Crippen molar-refractivity contribution < 1.29 is 9.21 Å². The molecule has 0 fully saturated rings. The zero-order valence-corrected chi connectivity index (χ0v) is 11.0. The van der Waals surface area contributed by atoms with Crippen LogP contribution >= 0.6 is 27.3 Å². The van der Waals surface area contributed by atoms with Gasteiger partial charge in [-0.2, -0.15) is 0 Å². The molecule has 2 heterocycles. The van der Waals surface area contributed by atoms with Gasteiger partial charge in [0.25, 0.3) is 5.91 Å². The summed E-state index contributed by atoms with van der Waals surface area (Å²) in [4.78, 5) is 11.8. The number of carbonyl (C=O) groups is 1. The highest BCUT2D eigenvalue weighted by atomic mass is 79.9. The molecule has 0 aliphatic carbocycles. The van der Waals surface area contributed by atoms with Crippen molar-refractivity contribution in [3.63, 3.8) is 0 Å². The lowest BCUT2D eigenvalue weighted by atomic mass is 10.2. The fraction of sp³-hybridized carbons (Fsp3) is 0.182. The first-order valence-electron chi connectivity index (χ1n) is 4.75. The van der Waals surface area contributed by atoms with Crippen LogP contribution in [-0.2, 0) is 0 Å². The molecule has 1 atom stereocenters. The van der Waals surface area contributed by atoms with E-state index in [4.69, 9.17) is 4.42 Å². The molecule has 16 heavy (non-hydrogen) atoms. The van der Waals surface area contributed by atoms with E-state index in [2.05, 4.69) is 21.2 Å². The van der Waals surface area contributed by atoms with E-state index < -0.39 is 0 Å². The lowest BCUT2D eigenvalue weighted by Gasteiger charge is -2.10. The summed E-state index contributed by atoms with van der Waals surface area (Å²) in [5, 5.41) is 4.68. The van der Waals surface area contributed by atoms with Gasteiger partial charge in [0.15, 0.2) is 0 Å². The Bertz CT molecular complexity index is 478. The number of thiophene rings is 1. The van der Waals surface area contributed by atoms with Gasteiger partial charge in [-0.3, -0.25) is 4.79 Å². The van der Waals surface area contributed by atoms with Crippen LogP contribution in [0.3, 0.4) is 0 Å². The van der Waals surface area contributed by atoms with Crippen molar-refractivity contribution in [3.8, 4) is 0 Å². The van der Waals surface area contributed by atoms with E-state index in [1.165, 1.54) is 11.3 Å². The average molecular weight is 300 g/mol. The maximum Gasteiger partial charge on any atom is 0.252 e. The molecule has 2 rings (SSSR count). The molecule has 0 spiro atoms. The predicted molar refractivity (Wildman–Crippen MR) is 66.6 cm³/mol. The van der Waals surface area contributed by atoms with Crippen LogP contribution in [0, 0.1) is 0 Å². The molecule has 2 aromatic rings. The van der Waals surface area contributed by atoms with Gasteiger partial charge in [-0.05, 0) is 41.1 Å². The minimum absolute atomic E-state index is 0.0918. The maximum atomic E-state index is 11.8. The third-order valence-corrected chi connectivity index (χ3v) is 3.65. The van der Waals surface area contributed by atoms with Crippen LogP contribution in [0.4, 0.5) is 0 Å². The summed E-state index contributed by atoms with van der Waals surface area (Å²) in [6.07, 6.45) is 1.60. The Morgan fingerprint density at radius 3 is 3.00 bits per heavy atom. The van der Waals surface area contributed by atoms with E-state index >= 15 is 0 Å². The molecule has 84 valence electrons. The SMILES string of the molecule is CC(NC(=O)c1csc(Br)c1)c1ccco1. The highest BCUT2D eigenvalue weighted by Gasteiger charge is 2.14. The van der Waals surface area contributed by atoms with E-state index in [1.54, 1.807) is 18.4 Å². The Balaban J connectivity index is 2.03. The highest BCUT2D eigenvalue weighted by Crippen LogP contribution is 2.21. The summed E-state index contributed by atoms with van der Waals surface area (Å²) < 4.78 is 6.16. The average Bonchev–Trinajstić information content (AvgIpc) is 2.87. The van der Waals surface area contributed by atoms with E-state index in [1.807, 2.05) is 18.4 Å². The Labute approximate surface area is 106 Å². The van der Waals surface area contributed by atoms with E-state index in [0.717, 1.165) is 9.55 Å². The number of nitrogens with one attached hydrogen (secondary N) is 1. The first kappa shape index (κ1) is 11.4. The quantitative estimate of drug-likeness (QED) is 0.941. The first-order valence-corrected chi connectivity index (χ1v) is 6.42. The van der Waals surface area contributed by atoms with Crippen LogP contribution in [0.25, 0.3) is 0 Å². The zero-order valence-electron chi connectivity index (χ0n) is 8.57. The molecule has 3 nitrogen and oxygen atoms in total. The van der Waals surface area contributed by atoms with Crippen molar-refractivity contribution in [2.75, 3.05) is 0 Å². The van der Waals surface area contributed by atoms with Gasteiger partial charge in [0.05, 0.1) is 21.7 Å². The number of carbonyl (C=O) groups excluding carboxylic acids is 1. The van der Waals surface area contributed by atoms with Crippen LogP contribution in [0.5, 0.6) is 0 Å². The van der Waals surface area contributed by atoms with Gasteiger partial charge in [0.2, 0.25) is 0 Å². The maximum absolute atomic E-state index is 11.8. The molecular weight excluding hydrogens is 290 g/mol. The standard InChI is InChI=1S/C11H10BrNO2S/c1-7(9-3-2-4-15-9)13-11(14)8-5-10(12)16-6-8/h2-7H,1H3,(H,13,14). The molecule has 1 amide bonds. The summed E-state index contributed by atoms with van der Waals surface area (Å²) in [6, 6.07) is 5.32. The van der Waals surface area contributed by atoms with Gasteiger partial charge in [-0.15, -0.1) is 11.3 Å². The summed E-state index contributed by atoms with van der Waals surface area (Å²) >= 11 is 4.82. The Morgan fingerprint density at radius 2 is 2.44 bits per heavy atom. The Morgan fingerprint density at radius 1 is 1.62 bits per heavy atom. The van der Waals surface area contributed by atoms with Crippen molar-refractivity contribution in [1.29, 1.82) is 0 Å². The van der Waals surface area contributed by atoms with Gasteiger partial charge in [-0.1, -0.05) is 0 Å². The molecule has 0 aromatic carbocycles. The fourth-order valence-corrected chi connectivity index (χ4v) is 2.45. The number of hydrogen-bond acceptors (Lipinski definition) is 3. The molecule has 0 saturated carbocycles. The van der Waals surface area contributed by atoms with Crippen molar-refractivity contribution in [2.45, 2.75) is 13.0 Å². The Hall–Kier alpha value is -1.07. The highest BCUT2D eigenvalue weighted by molar-refractivity contribution is 9.11. The van der Waals surface area contributed by atoms with E-state index in [-0.39, 0.29) is 11.9 Å². The summed E-state index contributed by atoms with van der Waals surface area (Å²) in [5.41, 5.74) is 0.662. The number of halogens is 1. The third kappa shape index (κ3) is 2.54. The van der Waals surface area contributed by atoms with E-state index in [9.17, 15) is 4.79 Å². The minimum atomic E-state index is -0.124. The topological polar surface area (TPSA) is 42.2 Å². The second-order valence-corrected chi connectivity index (χ2v) is 5.64. The lowest BCUT2D eigenvalue weighted by Crippen LogP contribution is -2.25. The molecule has 1 N–H and O–H groups in total. The van der Waals surface area contributed by atoms with Crippen molar-refractivity contribution in [3.05, 3.63) is 45.0 Å². The summed E-state index contributed by atoms with van der Waals surface area (Å²) in [6.45, 7) is 1.89. The smallest absolute Gasteiger partial charge is 0.252 e. The van der Waals surface area contributed by atoms with E-state index in [0.29, 0.717) is 5.56 Å². The zero-order chi connectivity index (χ0) is 11.5. The normalized spacial score (nSPS) is 12.4. The van der Waals surface area contributed by atoms with Gasteiger partial charge < -0.3 is 9.73 Å². The number of hydrogen-bond donors (Lipinski definition) is 1. The molecule has 2 aromatic heterocycles. The van der Waals surface area contributed by atoms with Crippen molar-refractivity contribution in [1.82, 2.24) is 5.32 Å². The van der Waals surface area contributed by atoms with Crippen LogP contribution in [0.15, 0.2) is 38.0 Å². The van der Waals surface area contributed by atoms with Gasteiger partial charge in [-0.25, -0.2) is 0 Å². The third-order valence-electron chi connectivity index (χ3n) is 2.15. The molecule has 0 radical (unpaired) electrons. The molecule has 0 aliphatic heterocycles. The number of furan rings is 1. The van der Waals surface area contributed by atoms with Crippen molar-refractivity contribution >= 4 is 33.2 Å². The van der Waals surface area contributed by atoms with Gasteiger partial charge in [0.1, 0.15) is 5.76 Å². The second-order valence-electron chi connectivity index (χ2n) is 3.35. The minimum Gasteiger partial charge on any atom is -0.467 e. The summed E-state index contributed by atoms with van der Waals surface area (Å²) in [5.74, 6) is 0.661. The predicted octanol–water partition coefficient (Wildman–Crippen LogP) is 3.59. The molecule has 0 bridgehead atoms. The fourth-order valence-electron chi connectivity index (χ4n) is 1.32. The van der Waals surface area contributed by atoms with Crippen LogP contribution in [0.2, 0.25) is 0 Å². The molecule has 1 unspecified atom stereocenters. The first-order chi connectivity index (χ1) is 7.66. The van der Waals surface area contributed by atoms with Gasteiger partial charge in [0, 0.05) is 5.38 Å². The number of rotatable bonds is 3.